The number of carbonyl (C=O) groups excluding carboxylic acids is 1. The predicted molar refractivity (Wildman–Crippen MR) is 64.6 cm³/mol. The van der Waals surface area contributed by atoms with Gasteiger partial charge in [-0.1, -0.05) is 0 Å². The first-order valence-corrected chi connectivity index (χ1v) is 6.53. The average Bonchev–Trinajstić information content (AvgIpc) is 2.91. The molecule has 0 aromatic carbocycles. The molecule has 0 bridgehead atoms. The molecule has 0 aromatic rings. The molecule has 4 nitrogen and oxygen atoms in total. The number of rotatable bonds is 2. The van der Waals surface area contributed by atoms with Crippen LogP contribution < -0.4 is 0 Å². The molecule has 0 aromatic heterocycles. The Morgan fingerprint density at radius 1 is 1.29 bits per heavy atom. The summed E-state index contributed by atoms with van der Waals surface area (Å²) in [5, 5.41) is 10.0. The molecular weight excluding hydrogens is 218 g/mol. The number of hydrogen-bond donors (Lipinski definition) is 1. The molecule has 1 amide bonds. The number of ether oxygens (including phenoxy) is 1. The molecule has 1 aliphatic heterocycles. The van der Waals surface area contributed by atoms with Crippen LogP contribution in [0.1, 0.15) is 40.0 Å². The van der Waals surface area contributed by atoms with E-state index in [4.69, 9.17) is 4.74 Å². The lowest BCUT2D eigenvalue weighted by molar-refractivity contribution is 0.0261. The molecule has 1 saturated heterocycles. The third-order valence-electron chi connectivity index (χ3n) is 3.46. The molecule has 4 heteroatoms. The lowest BCUT2D eigenvalue weighted by atomic mass is 9.98. The number of carbonyl (C=O) groups is 1. The van der Waals surface area contributed by atoms with Crippen LogP contribution in [0.5, 0.6) is 0 Å². The molecule has 98 valence electrons. The maximum atomic E-state index is 11.8. The molecular formula is C13H23NO3. The van der Waals surface area contributed by atoms with E-state index in [2.05, 4.69) is 0 Å². The molecule has 1 aliphatic carbocycles. The molecule has 1 heterocycles. The SMILES string of the molecule is CC(C)(C)OC(=O)N1CC[C@H]([C@H](O)C2CC2)C1. The van der Waals surface area contributed by atoms with E-state index < -0.39 is 5.60 Å². The van der Waals surface area contributed by atoms with Gasteiger partial charge in [0.15, 0.2) is 0 Å². The second kappa shape index (κ2) is 4.48. The standard InChI is InChI=1S/C13H23NO3/c1-13(2,3)17-12(16)14-7-6-10(8-14)11(15)9-4-5-9/h9-11,15H,4-8H2,1-3H3/t10-,11+/m0/s1. The van der Waals surface area contributed by atoms with Crippen LogP contribution in [-0.4, -0.2) is 40.9 Å². The van der Waals surface area contributed by atoms with E-state index in [9.17, 15) is 9.90 Å². The van der Waals surface area contributed by atoms with Gasteiger partial charge in [0.25, 0.3) is 0 Å². The van der Waals surface area contributed by atoms with Gasteiger partial charge in [0.05, 0.1) is 6.10 Å². The van der Waals surface area contributed by atoms with Crippen LogP contribution in [0, 0.1) is 11.8 Å². The Balaban J connectivity index is 1.82. The summed E-state index contributed by atoms with van der Waals surface area (Å²) < 4.78 is 5.33. The van der Waals surface area contributed by atoms with Crippen molar-refractivity contribution in [3.63, 3.8) is 0 Å². The Labute approximate surface area is 103 Å². The molecule has 0 radical (unpaired) electrons. The molecule has 1 saturated carbocycles. The van der Waals surface area contributed by atoms with Crippen molar-refractivity contribution in [2.75, 3.05) is 13.1 Å². The number of nitrogens with zero attached hydrogens (tertiary/aromatic N) is 1. The highest BCUT2D eigenvalue weighted by Crippen LogP contribution is 2.38. The first kappa shape index (κ1) is 12.7. The van der Waals surface area contributed by atoms with Gasteiger partial charge in [-0.15, -0.1) is 0 Å². The lowest BCUT2D eigenvalue weighted by Crippen LogP contribution is -2.36. The summed E-state index contributed by atoms with van der Waals surface area (Å²) in [5.74, 6) is 0.730. The summed E-state index contributed by atoms with van der Waals surface area (Å²) >= 11 is 0. The van der Waals surface area contributed by atoms with Gasteiger partial charge in [0.1, 0.15) is 5.60 Å². The maximum Gasteiger partial charge on any atom is 0.410 e. The zero-order chi connectivity index (χ0) is 12.6. The van der Waals surface area contributed by atoms with Crippen LogP contribution in [0.4, 0.5) is 4.79 Å². The summed E-state index contributed by atoms with van der Waals surface area (Å²) in [6.07, 6.45) is 2.72. The lowest BCUT2D eigenvalue weighted by Gasteiger charge is -2.25. The molecule has 17 heavy (non-hydrogen) atoms. The zero-order valence-electron chi connectivity index (χ0n) is 11.0. The van der Waals surface area contributed by atoms with E-state index >= 15 is 0 Å². The molecule has 0 unspecified atom stereocenters. The van der Waals surface area contributed by atoms with E-state index in [0.29, 0.717) is 19.0 Å². The van der Waals surface area contributed by atoms with Crippen molar-refractivity contribution in [3.8, 4) is 0 Å². The summed E-state index contributed by atoms with van der Waals surface area (Å²) in [6.45, 7) is 6.97. The smallest absolute Gasteiger partial charge is 0.410 e. The molecule has 0 spiro atoms. The zero-order valence-corrected chi connectivity index (χ0v) is 11.0. The van der Waals surface area contributed by atoms with Gasteiger partial charge in [-0.3, -0.25) is 0 Å². The molecule has 2 fully saturated rings. The van der Waals surface area contributed by atoms with Crippen LogP contribution >= 0.6 is 0 Å². The first-order chi connectivity index (χ1) is 7.87. The number of hydrogen-bond acceptors (Lipinski definition) is 3. The normalized spacial score (nSPS) is 27.1. The molecule has 1 N–H and O–H groups in total. The largest absolute Gasteiger partial charge is 0.444 e. The van der Waals surface area contributed by atoms with Gasteiger partial charge >= 0.3 is 6.09 Å². The maximum absolute atomic E-state index is 11.8. The Morgan fingerprint density at radius 2 is 1.94 bits per heavy atom. The summed E-state index contributed by atoms with van der Waals surface area (Å²) in [6, 6.07) is 0. The molecule has 2 aliphatic rings. The highest BCUT2D eigenvalue weighted by molar-refractivity contribution is 5.68. The number of amides is 1. The second-order valence-electron chi connectivity index (χ2n) is 6.30. The third kappa shape index (κ3) is 3.35. The van der Waals surface area contributed by atoms with Crippen molar-refractivity contribution >= 4 is 6.09 Å². The van der Waals surface area contributed by atoms with Gasteiger partial charge in [-0.05, 0) is 46.0 Å². The summed E-state index contributed by atoms with van der Waals surface area (Å²) in [4.78, 5) is 13.6. The van der Waals surface area contributed by atoms with Gasteiger partial charge in [-0.25, -0.2) is 4.79 Å². The van der Waals surface area contributed by atoms with Gasteiger partial charge in [0.2, 0.25) is 0 Å². The minimum atomic E-state index is -0.440. The summed E-state index contributed by atoms with van der Waals surface area (Å²) in [5.41, 5.74) is -0.440. The topological polar surface area (TPSA) is 49.8 Å². The predicted octanol–water partition coefficient (Wildman–Crippen LogP) is 2.01. The Kier molecular flexibility index (Phi) is 3.34. The van der Waals surface area contributed by atoms with Crippen LogP contribution in [0.25, 0.3) is 0 Å². The van der Waals surface area contributed by atoms with Gasteiger partial charge in [0, 0.05) is 19.0 Å². The Morgan fingerprint density at radius 3 is 2.47 bits per heavy atom. The van der Waals surface area contributed by atoms with Crippen molar-refractivity contribution in [2.45, 2.75) is 51.7 Å². The van der Waals surface area contributed by atoms with Crippen molar-refractivity contribution in [3.05, 3.63) is 0 Å². The Bertz CT molecular complexity index is 294. The van der Waals surface area contributed by atoms with Crippen molar-refractivity contribution in [1.82, 2.24) is 4.90 Å². The van der Waals surface area contributed by atoms with Crippen molar-refractivity contribution in [2.24, 2.45) is 11.8 Å². The van der Waals surface area contributed by atoms with E-state index in [1.54, 1.807) is 4.90 Å². The van der Waals surface area contributed by atoms with E-state index in [0.717, 1.165) is 19.3 Å². The summed E-state index contributed by atoms with van der Waals surface area (Å²) in [7, 11) is 0. The highest BCUT2D eigenvalue weighted by atomic mass is 16.6. The molecule has 2 atom stereocenters. The number of likely N-dealkylation sites (tertiary alicyclic amines) is 1. The molecule has 2 rings (SSSR count). The first-order valence-electron chi connectivity index (χ1n) is 6.53. The minimum absolute atomic E-state index is 0.220. The number of aliphatic hydroxyl groups is 1. The minimum Gasteiger partial charge on any atom is -0.444 e. The average molecular weight is 241 g/mol. The van der Waals surface area contributed by atoms with Crippen LogP contribution in [0.15, 0.2) is 0 Å². The second-order valence-corrected chi connectivity index (χ2v) is 6.30. The highest BCUT2D eigenvalue weighted by Gasteiger charge is 2.40. The van der Waals surface area contributed by atoms with E-state index in [1.165, 1.54) is 0 Å². The van der Waals surface area contributed by atoms with Crippen molar-refractivity contribution in [1.29, 1.82) is 0 Å². The fourth-order valence-corrected chi connectivity index (χ4v) is 2.38. The fraction of sp³-hybridized carbons (Fsp3) is 0.923. The van der Waals surface area contributed by atoms with Crippen LogP contribution in [-0.2, 0) is 4.74 Å². The monoisotopic (exact) mass is 241 g/mol. The number of aliphatic hydroxyl groups excluding tert-OH is 1. The van der Waals surface area contributed by atoms with E-state index in [-0.39, 0.29) is 18.1 Å². The van der Waals surface area contributed by atoms with Gasteiger partial charge in [-0.2, -0.15) is 0 Å². The van der Waals surface area contributed by atoms with E-state index in [1.807, 2.05) is 20.8 Å². The van der Waals surface area contributed by atoms with Crippen LogP contribution in [0.3, 0.4) is 0 Å². The van der Waals surface area contributed by atoms with Crippen LogP contribution in [0.2, 0.25) is 0 Å². The fourth-order valence-electron chi connectivity index (χ4n) is 2.38. The Hall–Kier alpha value is -0.770. The quantitative estimate of drug-likeness (QED) is 0.804. The third-order valence-corrected chi connectivity index (χ3v) is 3.46. The van der Waals surface area contributed by atoms with Crippen molar-refractivity contribution < 1.29 is 14.6 Å². The van der Waals surface area contributed by atoms with Gasteiger partial charge < -0.3 is 14.7 Å².